The molecule has 4 nitrogen and oxygen atoms in total. The van der Waals surface area contributed by atoms with E-state index in [0.717, 1.165) is 37.1 Å². The van der Waals surface area contributed by atoms with Crippen molar-refractivity contribution in [3.05, 3.63) is 70.8 Å². The Balaban J connectivity index is 1.87. The van der Waals surface area contributed by atoms with Crippen molar-refractivity contribution in [2.24, 2.45) is 5.92 Å². The van der Waals surface area contributed by atoms with Crippen LogP contribution in [-0.2, 0) is 4.74 Å². The van der Waals surface area contributed by atoms with Gasteiger partial charge in [0.1, 0.15) is 5.75 Å². The van der Waals surface area contributed by atoms with E-state index >= 15 is 0 Å². The number of hydrogen-bond donors (Lipinski definition) is 0. The van der Waals surface area contributed by atoms with Crippen LogP contribution >= 0.6 is 0 Å². The van der Waals surface area contributed by atoms with Crippen LogP contribution in [0.5, 0.6) is 5.75 Å². The van der Waals surface area contributed by atoms with Crippen LogP contribution in [0, 0.1) is 5.92 Å². The van der Waals surface area contributed by atoms with Gasteiger partial charge in [-0.2, -0.15) is 0 Å². The Morgan fingerprint density at radius 2 is 1.93 bits per heavy atom. The van der Waals surface area contributed by atoms with Crippen molar-refractivity contribution in [3.63, 3.8) is 0 Å². The molecule has 1 fully saturated rings. The van der Waals surface area contributed by atoms with Gasteiger partial charge in [-0.3, -0.25) is 0 Å². The number of methoxy groups -OCH3 is 2. The van der Waals surface area contributed by atoms with Gasteiger partial charge in [-0.05, 0) is 80.6 Å². The first-order chi connectivity index (χ1) is 14.0. The van der Waals surface area contributed by atoms with Crippen LogP contribution in [0.1, 0.15) is 46.7 Å². The molecule has 0 unspecified atom stereocenters. The Morgan fingerprint density at radius 1 is 1.14 bits per heavy atom. The molecule has 4 heteroatoms. The van der Waals surface area contributed by atoms with E-state index in [0.29, 0.717) is 17.4 Å². The average Bonchev–Trinajstić information content (AvgIpc) is 2.74. The van der Waals surface area contributed by atoms with Crippen molar-refractivity contribution in [1.29, 1.82) is 0 Å². The lowest BCUT2D eigenvalue weighted by atomic mass is 9.73. The summed E-state index contributed by atoms with van der Waals surface area (Å²) in [6.45, 7) is 1.08. The summed E-state index contributed by atoms with van der Waals surface area (Å²) < 4.78 is 10.3. The smallest absolute Gasteiger partial charge is 0.337 e. The normalized spacial score (nSPS) is 20.7. The number of rotatable bonds is 6. The molecule has 2 aromatic rings. The van der Waals surface area contributed by atoms with Gasteiger partial charge in [0.05, 0.1) is 19.8 Å². The molecule has 0 saturated heterocycles. The number of carbonyl (C=O) groups is 1. The van der Waals surface area contributed by atoms with Gasteiger partial charge in [0, 0.05) is 6.54 Å². The average molecular weight is 394 g/mol. The van der Waals surface area contributed by atoms with Crippen LogP contribution in [0.4, 0.5) is 0 Å². The number of ether oxygens (including phenoxy) is 2. The van der Waals surface area contributed by atoms with E-state index in [1.165, 1.54) is 18.2 Å². The number of nitrogens with zero attached hydrogens (tertiary/aromatic N) is 1. The van der Waals surface area contributed by atoms with E-state index < -0.39 is 0 Å². The van der Waals surface area contributed by atoms with E-state index in [1.54, 1.807) is 13.2 Å². The summed E-state index contributed by atoms with van der Waals surface area (Å²) in [6.07, 6.45) is 5.50. The molecule has 0 N–H and O–H groups in total. The van der Waals surface area contributed by atoms with Crippen molar-refractivity contribution in [3.8, 4) is 5.75 Å². The van der Waals surface area contributed by atoms with Crippen LogP contribution in [-0.4, -0.2) is 45.7 Å². The maximum Gasteiger partial charge on any atom is 0.337 e. The first-order valence-electron chi connectivity index (χ1n) is 10.2. The monoisotopic (exact) mass is 393 g/mol. The van der Waals surface area contributed by atoms with Gasteiger partial charge in [-0.1, -0.05) is 35.9 Å². The van der Waals surface area contributed by atoms with Crippen molar-refractivity contribution >= 4 is 12.0 Å². The molecule has 2 atom stereocenters. The van der Waals surface area contributed by atoms with Crippen LogP contribution in [0.2, 0.25) is 0 Å². The highest BCUT2D eigenvalue weighted by Gasteiger charge is 2.29. The topological polar surface area (TPSA) is 38.8 Å². The van der Waals surface area contributed by atoms with E-state index in [1.807, 2.05) is 24.3 Å². The predicted molar refractivity (Wildman–Crippen MR) is 117 cm³/mol. The van der Waals surface area contributed by atoms with E-state index in [2.05, 4.69) is 43.3 Å². The quantitative estimate of drug-likeness (QED) is 0.647. The molecular formula is C25H31NO3. The Labute approximate surface area is 174 Å². The van der Waals surface area contributed by atoms with Gasteiger partial charge in [0.2, 0.25) is 0 Å². The summed E-state index contributed by atoms with van der Waals surface area (Å²) in [5.74, 6) is 1.68. The fourth-order valence-electron chi connectivity index (χ4n) is 4.31. The molecule has 3 rings (SSSR count). The third-order valence-corrected chi connectivity index (χ3v) is 5.69. The highest BCUT2D eigenvalue weighted by atomic mass is 16.5. The van der Waals surface area contributed by atoms with Crippen molar-refractivity contribution in [1.82, 2.24) is 4.90 Å². The molecule has 154 valence electrons. The zero-order valence-electron chi connectivity index (χ0n) is 17.9. The minimum Gasteiger partial charge on any atom is -0.497 e. The molecule has 1 aliphatic rings. The van der Waals surface area contributed by atoms with E-state index in [9.17, 15) is 4.79 Å². The van der Waals surface area contributed by atoms with Gasteiger partial charge in [-0.15, -0.1) is 0 Å². The molecule has 29 heavy (non-hydrogen) atoms. The maximum atomic E-state index is 11.8. The minimum atomic E-state index is -0.297. The summed E-state index contributed by atoms with van der Waals surface area (Å²) in [6, 6.07) is 16.1. The second-order valence-corrected chi connectivity index (χ2v) is 8.07. The van der Waals surface area contributed by atoms with Crippen LogP contribution in [0.25, 0.3) is 6.08 Å². The first-order valence-corrected chi connectivity index (χ1v) is 10.2. The summed E-state index contributed by atoms with van der Waals surface area (Å²) in [4.78, 5) is 14.1. The van der Waals surface area contributed by atoms with Crippen molar-refractivity contribution in [2.45, 2.75) is 25.2 Å². The van der Waals surface area contributed by atoms with Gasteiger partial charge < -0.3 is 14.4 Å². The fourth-order valence-corrected chi connectivity index (χ4v) is 4.31. The van der Waals surface area contributed by atoms with Crippen LogP contribution < -0.4 is 4.74 Å². The Kier molecular flexibility index (Phi) is 7.10. The largest absolute Gasteiger partial charge is 0.497 e. The molecule has 0 amide bonds. The Morgan fingerprint density at radius 3 is 2.66 bits per heavy atom. The molecule has 0 heterocycles. The number of benzene rings is 2. The zero-order valence-corrected chi connectivity index (χ0v) is 17.9. The molecule has 1 aliphatic carbocycles. The zero-order chi connectivity index (χ0) is 20.8. The lowest BCUT2D eigenvalue weighted by Crippen LogP contribution is -2.29. The molecule has 2 aromatic carbocycles. The summed E-state index contributed by atoms with van der Waals surface area (Å²) in [5.41, 5.74) is 4.41. The number of hydrogen-bond acceptors (Lipinski definition) is 4. The third-order valence-electron chi connectivity index (χ3n) is 5.69. The Bertz CT molecular complexity index is 872. The van der Waals surface area contributed by atoms with Gasteiger partial charge in [0.15, 0.2) is 0 Å². The second-order valence-electron chi connectivity index (χ2n) is 8.07. The summed E-state index contributed by atoms with van der Waals surface area (Å²) >= 11 is 0. The number of esters is 1. The number of allylic oxidation sites excluding steroid dienone is 1. The summed E-state index contributed by atoms with van der Waals surface area (Å²) in [5, 5.41) is 0. The first kappa shape index (κ1) is 21.1. The third kappa shape index (κ3) is 5.48. The van der Waals surface area contributed by atoms with Crippen molar-refractivity contribution < 1.29 is 14.3 Å². The minimum absolute atomic E-state index is 0.297. The highest BCUT2D eigenvalue weighted by molar-refractivity contribution is 5.90. The van der Waals surface area contributed by atoms with Crippen LogP contribution in [0.3, 0.4) is 0 Å². The van der Waals surface area contributed by atoms with Gasteiger partial charge >= 0.3 is 5.97 Å². The lowest BCUT2D eigenvalue weighted by molar-refractivity contribution is 0.0600. The summed E-state index contributed by atoms with van der Waals surface area (Å²) in [7, 11) is 7.42. The molecular weight excluding hydrogens is 362 g/mol. The van der Waals surface area contributed by atoms with Crippen molar-refractivity contribution in [2.75, 3.05) is 34.9 Å². The van der Waals surface area contributed by atoms with Gasteiger partial charge in [-0.25, -0.2) is 4.79 Å². The lowest BCUT2D eigenvalue weighted by Gasteiger charge is -2.35. The van der Waals surface area contributed by atoms with Crippen LogP contribution in [0.15, 0.2) is 54.1 Å². The van der Waals surface area contributed by atoms with E-state index in [4.69, 9.17) is 9.47 Å². The standard InChI is InChI=1S/C25H31NO3/c1-26(2)17-22-12-11-19(13-18-7-5-9-21(14-18)25(27)29-4)15-24(22)20-8-6-10-23(16-20)28-3/h5-10,13-14,16,22,24H,11-12,15,17H2,1-4H3/b19-13-/t22-,24+/m1/s1. The predicted octanol–water partition coefficient (Wildman–Crippen LogP) is 5.01. The second kappa shape index (κ2) is 9.75. The molecule has 0 bridgehead atoms. The highest BCUT2D eigenvalue weighted by Crippen LogP contribution is 2.42. The molecule has 0 spiro atoms. The molecule has 0 radical (unpaired) electrons. The molecule has 0 aliphatic heterocycles. The van der Waals surface area contributed by atoms with Gasteiger partial charge in [0.25, 0.3) is 0 Å². The van der Waals surface area contributed by atoms with E-state index in [-0.39, 0.29) is 5.97 Å². The maximum absolute atomic E-state index is 11.8. The molecule has 0 aromatic heterocycles. The Hall–Kier alpha value is -2.59. The SMILES string of the molecule is COC(=O)c1cccc(/C=C2/CC[C@H](CN(C)C)[C@H](c3cccc(OC)c3)C2)c1. The number of carbonyl (C=O) groups excluding carboxylic acids is 1. The molecule has 1 saturated carbocycles. The fraction of sp³-hybridized carbons (Fsp3) is 0.400.